The highest BCUT2D eigenvalue weighted by Crippen LogP contribution is 2.29. The first-order valence-corrected chi connectivity index (χ1v) is 15.0. The van der Waals surface area contributed by atoms with Crippen molar-refractivity contribution in [3.63, 3.8) is 0 Å². The summed E-state index contributed by atoms with van der Waals surface area (Å²) in [5.41, 5.74) is 1.43. The van der Waals surface area contributed by atoms with Gasteiger partial charge in [0.25, 0.3) is 0 Å². The lowest BCUT2D eigenvalue weighted by Crippen LogP contribution is -2.49. The SMILES string of the molecule is N#Cc1ccccc1N1CCN(C[C@@H](O)COC[C@H](Cc2ccccc2)NS(=O)(=O)c2ccc(C(F)(F)F)cc2)CC1. The number of sulfonamides is 1. The quantitative estimate of drug-likeness (QED) is 0.326. The Hall–Kier alpha value is -3.47. The summed E-state index contributed by atoms with van der Waals surface area (Å²) in [5.74, 6) is 0. The molecular weight excluding hydrogens is 569 g/mol. The molecule has 1 fully saturated rings. The summed E-state index contributed by atoms with van der Waals surface area (Å²) in [6.45, 7) is 3.10. The average Bonchev–Trinajstić information content (AvgIpc) is 2.97. The Kier molecular flexibility index (Phi) is 10.6. The van der Waals surface area contributed by atoms with E-state index in [1.165, 1.54) is 0 Å². The fourth-order valence-electron chi connectivity index (χ4n) is 4.86. The molecule has 0 radical (unpaired) electrons. The highest BCUT2D eigenvalue weighted by atomic mass is 32.2. The van der Waals surface area contributed by atoms with Gasteiger partial charge in [-0.25, -0.2) is 13.1 Å². The Morgan fingerprint density at radius 2 is 1.57 bits per heavy atom. The molecule has 224 valence electrons. The predicted molar refractivity (Wildman–Crippen MR) is 152 cm³/mol. The monoisotopic (exact) mass is 602 g/mol. The van der Waals surface area contributed by atoms with Crippen molar-refractivity contribution in [2.75, 3.05) is 50.8 Å². The van der Waals surface area contributed by atoms with Gasteiger partial charge in [-0.3, -0.25) is 4.90 Å². The molecule has 0 amide bonds. The van der Waals surface area contributed by atoms with Crippen molar-refractivity contribution in [1.82, 2.24) is 9.62 Å². The minimum absolute atomic E-state index is 0.0230. The third-order valence-corrected chi connectivity index (χ3v) is 8.51. The van der Waals surface area contributed by atoms with Crippen LogP contribution in [-0.2, 0) is 27.4 Å². The van der Waals surface area contributed by atoms with Gasteiger partial charge in [-0.1, -0.05) is 42.5 Å². The predicted octanol–water partition coefficient (Wildman–Crippen LogP) is 3.67. The number of β-amino-alcohol motifs (C(OH)–C–C–N with tert-alkyl or cyclic N) is 1. The highest BCUT2D eigenvalue weighted by Gasteiger charge is 2.31. The van der Waals surface area contributed by atoms with Gasteiger partial charge < -0.3 is 14.7 Å². The highest BCUT2D eigenvalue weighted by molar-refractivity contribution is 7.89. The van der Waals surface area contributed by atoms with Gasteiger partial charge in [-0.05, 0) is 48.4 Å². The van der Waals surface area contributed by atoms with Crippen molar-refractivity contribution in [3.05, 3.63) is 95.6 Å². The molecule has 0 saturated carbocycles. The fraction of sp³-hybridized carbons (Fsp3) is 0.367. The Bertz CT molecular complexity index is 1440. The number of nitriles is 1. The van der Waals surface area contributed by atoms with Gasteiger partial charge in [0, 0.05) is 38.8 Å². The zero-order valence-electron chi connectivity index (χ0n) is 22.9. The molecule has 0 spiro atoms. The third kappa shape index (κ3) is 8.77. The molecule has 42 heavy (non-hydrogen) atoms. The Morgan fingerprint density at radius 1 is 0.929 bits per heavy atom. The number of aliphatic hydroxyl groups is 1. The van der Waals surface area contributed by atoms with Gasteiger partial charge in [0.1, 0.15) is 6.07 Å². The van der Waals surface area contributed by atoms with E-state index in [-0.39, 0.29) is 24.5 Å². The van der Waals surface area contributed by atoms with Crippen LogP contribution in [0.3, 0.4) is 0 Å². The van der Waals surface area contributed by atoms with Gasteiger partial charge in [0.15, 0.2) is 0 Å². The minimum atomic E-state index is -4.57. The van der Waals surface area contributed by atoms with E-state index in [1.807, 2.05) is 48.5 Å². The number of benzene rings is 3. The van der Waals surface area contributed by atoms with Gasteiger partial charge >= 0.3 is 6.18 Å². The summed E-state index contributed by atoms with van der Waals surface area (Å²) in [7, 11) is -4.14. The lowest BCUT2D eigenvalue weighted by Gasteiger charge is -2.37. The molecular formula is C30H33F3N4O4S. The van der Waals surface area contributed by atoms with E-state index < -0.39 is 33.9 Å². The largest absolute Gasteiger partial charge is 0.416 e. The van der Waals surface area contributed by atoms with Crippen molar-refractivity contribution in [2.45, 2.75) is 29.6 Å². The lowest BCUT2D eigenvalue weighted by atomic mass is 10.1. The average molecular weight is 603 g/mol. The molecule has 12 heteroatoms. The number of nitrogens with zero attached hydrogens (tertiary/aromatic N) is 3. The van der Waals surface area contributed by atoms with Crippen LogP contribution in [0.25, 0.3) is 0 Å². The molecule has 0 bridgehead atoms. The number of para-hydroxylation sites is 1. The molecule has 0 aliphatic carbocycles. The van der Waals surface area contributed by atoms with E-state index in [2.05, 4.69) is 20.6 Å². The van der Waals surface area contributed by atoms with Gasteiger partial charge in [-0.15, -0.1) is 0 Å². The Labute approximate surface area is 244 Å². The first kappa shape index (κ1) is 31.5. The smallest absolute Gasteiger partial charge is 0.389 e. The molecule has 0 unspecified atom stereocenters. The van der Waals surface area contributed by atoms with E-state index in [4.69, 9.17) is 4.74 Å². The molecule has 3 aromatic carbocycles. The summed E-state index contributed by atoms with van der Waals surface area (Å²) in [4.78, 5) is 3.97. The zero-order valence-corrected chi connectivity index (χ0v) is 23.7. The van der Waals surface area contributed by atoms with E-state index >= 15 is 0 Å². The number of rotatable bonds is 12. The van der Waals surface area contributed by atoms with Crippen LogP contribution >= 0.6 is 0 Å². The van der Waals surface area contributed by atoms with E-state index in [1.54, 1.807) is 6.07 Å². The first-order chi connectivity index (χ1) is 20.0. The number of alkyl halides is 3. The third-order valence-electron chi connectivity index (χ3n) is 6.97. The number of aliphatic hydroxyl groups excluding tert-OH is 1. The number of hydrogen-bond acceptors (Lipinski definition) is 7. The van der Waals surface area contributed by atoms with Gasteiger partial charge in [-0.2, -0.15) is 18.4 Å². The molecule has 1 saturated heterocycles. The second kappa shape index (κ2) is 14.1. The molecule has 3 aromatic rings. The van der Waals surface area contributed by atoms with Gasteiger partial charge in [0.2, 0.25) is 10.0 Å². The first-order valence-electron chi connectivity index (χ1n) is 13.5. The van der Waals surface area contributed by atoms with E-state index in [0.29, 0.717) is 38.3 Å². The molecule has 8 nitrogen and oxygen atoms in total. The molecule has 2 atom stereocenters. The molecule has 1 aliphatic rings. The molecule has 1 aliphatic heterocycles. The molecule has 2 N–H and O–H groups in total. The summed E-state index contributed by atoms with van der Waals surface area (Å²) in [6.07, 6.45) is -5.11. The van der Waals surface area contributed by atoms with Crippen molar-refractivity contribution >= 4 is 15.7 Å². The summed E-state index contributed by atoms with van der Waals surface area (Å²) in [5, 5.41) is 20.0. The maximum absolute atomic E-state index is 13.0. The summed E-state index contributed by atoms with van der Waals surface area (Å²) < 4.78 is 73.0. The lowest BCUT2D eigenvalue weighted by molar-refractivity contribution is -0.137. The van der Waals surface area contributed by atoms with Crippen molar-refractivity contribution in [2.24, 2.45) is 0 Å². The maximum Gasteiger partial charge on any atom is 0.416 e. The molecule has 1 heterocycles. The summed E-state index contributed by atoms with van der Waals surface area (Å²) in [6, 6.07) is 21.4. The zero-order chi connectivity index (χ0) is 30.2. The topological polar surface area (TPSA) is 106 Å². The van der Waals surface area contributed by atoms with E-state index in [9.17, 15) is 32.0 Å². The standard InChI is InChI=1S/C30H33F3N4O4S/c31-30(32,33)25-10-12-28(13-11-25)42(39,40)35-26(18-23-6-2-1-3-7-23)21-41-22-27(38)20-36-14-16-37(17-15-36)29-9-5-4-8-24(29)19-34/h1-13,26-27,35,38H,14-18,20-22H2/t26-,27+/m0/s1. The number of ether oxygens (including phenoxy) is 1. The van der Waals surface area contributed by atoms with Crippen LogP contribution in [0, 0.1) is 11.3 Å². The Morgan fingerprint density at radius 3 is 2.21 bits per heavy atom. The number of hydrogen-bond donors (Lipinski definition) is 2. The maximum atomic E-state index is 13.0. The van der Waals surface area contributed by atoms with Crippen LogP contribution < -0.4 is 9.62 Å². The minimum Gasteiger partial charge on any atom is -0.389 e. The molecule has 0 aromatic heterocycles. The number of halogens is 3. The Balaban J connectivity index is 1.30. The van der Waals surface area contributed by atoms with Gasteiger partial charge in [0.05, 0.1) is 41.0 Å². The van der Waals surface area contributed by atoms with Crippen LogP contribution in [0.15, 0.2) is 83.8 Å². The van der Waals surface area contributed by atoms with Crippen LogP contribution in [0.1, 0.15) is 16.7 Å². The van der Waals surface area contributed by atoms with Crippen LogP contribution in [0.2, 0.25) is 0 Å². The number of nitrogens with one attached hydrogen (secondary N) is 1. The van der Waals surface area contributed by atoms with E-state index in [0.717, 1.165) is 35.5 Å². The summed E-state index contributed by atoms with van der Waals surface area (Å²) >= 11 is 0. The molecule has 4 rings (SSSR count). The van der Waals surface area contributed by atoms with Crippen LogP contribution in [-0.4, -0.2) is 76.5 Å². The normalized spacial score (nSPS) is 16.1. The number of anilines is 1. The fourth-order valence-corrected chi connectivity index (χ4v) is 6.08. The van der Waals surface area contributed by atoms with Crippen molar-refractivity contribution < 1.29 is 31.4 Å². The number of piperazine rings is 1. The van der Waals surface area contributed by atoms with Crippen LogP contribution in [0.4, 0.5) is 18.9 Å². The second-order valence-corrected chi connectivity index (χ2v) is 11.9. The van der Waals surface area contributed by atoms with Crippen molar-refractivity contribution in [1.29, 1.82) is 5.26 Å². The van der Waals surface area contributed by atoms with Crippen LogP contribution in [0.5, 0.6) is 0 Å². The van der Waals surface area contributed by atoms with Crippen molar-refractivity contribution in [3.8, 4) is 6.07 Å². The second-order valence-electron chi connectivity index (χ2n) is 10.1.